The molecule has 0 saturated carbocycles. The number of amides is 4. The molecule has 0 aromatic heterocycles. The lowest BCUT2D eigenvalue weighted by Gasteiger charge is -2.34. The van der Waals surface area contributed by atoms with Crippen LogP contribution in [0.1, 0.15) is 130 Å². The average molecular weight is 692 g/mol. The second-order valence-electron chi connectivity index (χ2n) is 15.6. The summed E-state index contributed by atoms with van der Waals surface area (Å²) in [5, 5.41) is 5.04. The van der Waals surface area contributed by atoms with Gasteiger partial charge in [0.2, 0.25) is 11.7 Å². The molecule has 47 heavy (non-hydrogen) atoms. The first-order valence-electron chi connectivity index (χ1n) is 16.3. The van der Waals surface area contributed by atoms with Gasteiger partial charge >= 0.3 is 12.0 Å². The Labute approximate surface area is 291 Å². The van der Waals surface area contributed by atoms with Crippen LogP contribution in [0.5, 0.6) is 0 Å². The maximum absolute atomic E-state index is 12.9. The lowest BCUT2D eigenvalue weighted by molar-refractivity contribution is -0.153. The van der Waals surface area contributed by atoms with Crippen molar-refractivity contribution in [2.75, 3.05) is 13.1 Å². The van der Waals surface area contributed by atoms with Gasteiger partial charge in [-0.05, 0) is 57.3 Å². The summed E-state index contributed by atoms with van der Waals surface area (Å²) in [5.74, 6) is -1.62. The number of thiol groups is 1. The van der Waals surface area contributed by atoms with Gasteiger partial charge in [-0.25, -0.2) is 4.79 Å². The average Bonchev–Trinajstić information content (AvgIpc) is 3.36. The Bertz CT molecular complexity index is 930. The summed E-state index contributed by atoms with van der Waals surface area (Å²) in [6.45, 7) is 31.9. The van der Waals surface area contributed by atoms with Crippen molar-refractivity contribution in [1.29, 1.82) is 0 Å². The number of carbonyl (C=O) groups excluding carboxylic acids is 6. The molecule has 1 saturated heterocycles. The van der Waals surface area contributed by atoms with E-state index in [4.69, 9.17) is 4.74 Å². The van der Waals surface area contributed by atoms with Crippen molar-refractivity contribution in [2.45, 2.75) is 154 Å². The molecule has 13 heteroatoms. The predicted octanol–water partition coefficient (Wildman–Crippen LogP) is 5.23. The fourth-order valence-corrected chi connectivity index (χ4v) is 3.12. The minimum absolute atomic E-state index is 0.292. The zero-order valence-electron chi connectivity index (χ0n) is 32.3. The summed E-state index contributed by atoms with van der Waals surface area (Å²) in [6.07, 6.45) is 3.42. The molecule has 5 N–H and O–H groups in total. The highest BCUT2D eigenvalue weighted by molar-refractivity contribution is 7.78. The minimum atomic E-state index is -0.941. The number of Topliss-reactive ketones (excluding diaryl/α,β-unsaturated/α-hetero) is 1. The highest BCUT2D eigenvalue weighted by atomic mass is 32.1. The first kappa shape index (κ1) is 51.2. The van der Waals surface area contributed by atoms with Crippen LogP contribution in [0.4, 0.5) is 4.79 Å². The Hall–Kier alpha value is -2.67. The van der Waals surface area contributed by atoms with Crippen LogP contribution in [-0.2, 0) is 28.7 Å². The van der Waals surface area contributed by atoms with Gasteiger partial charge in [-0.2, -0.15) is 0 Å². The van der Waals surface area contributed by atoms with Crippen LogP contribution in [0.2, 0.25) is 0 Å². The number of urea groups is 1. The van der Waals surface area contributed by atoms with E-state index < -0.39 is 52.8 Å². The van der Waals surface area contributed by atoms with Crippen molar-refractivity contribution in [1.82, 2.24) is 20.3 Å². The predicted molar refractivity (Wildman–Crippen MR) is 194 cm³/mol. The number of rotatable bonds is 8. The number of hydrogen-bond acceptors (Lipinski definition) is 9. The number of nitrogens with one attached hydrogen (secondary N) is 3. The zero-order valence-corrected chi connectivity index (χ0v) is 33.1. The number of primary amides is 1. The Morgan fingerprint density at radius 3 is 1.66 bits per heavy atom. The zero-order chi connectivity index (χ0) is 38.3. The minimum Gasteiger partial charge on any atom is -0.459 e. The van der Waals surface area contributed by atoms with Gasteiger partial charge in [-0.1, -0.05) is 102 Å². The maximum atomic E-state index is 12.9. The number of hydrogen-bond donors (Lipinski definition) is 5. The molecule has 4 amide bonds. The molecule has 0 bridgehead atoms. The number of ether oxygens (including phenoxy) is 1. The van der Waals surface area contributed by atoms with Crippen LogP contribution >= 0.6 is 12.8 Å². The van der Waals surface area contributed by atoms with Gasteiger partial charge < -0.3 is 30.8 Å². The largest absolute Gasteiger partial charge is 0.459 e. The van der Waals surface area contributed by atoms with Gasteiger partial charge in [0.05, 0.1) is 12.1 Å². The van der Waals surface area contributed by atoms with E-state index in [0.29, 0.717) is 18.4 Å². The Kier molecular flexibility index (Phi) is 27.6. The summed E-state index contributed by atoms with van der Waals surface area (Å²) in [6, 6.07) is -2.50. The second kappa shape index (κ2) is 25.4. The van der Waals surface area contributed by atoms with Gasteiger partial charge in [0.15, 0.2) is 0 Å². The number of ketones is 1. The lowest BCUT2D eigenvalue weighted by Crippen LogP contribution is -2.58. The van der Waals surface area contributed by atoms with Crippen LogP contribution in [0.15, 0.2) is 0 Å². The van der Waals surface area contributed by atoms with Gasteiger partial charge in [0, 0.05) is 6.54 Å². The third kappa shape index (κ3) is 33.0. The molecule has 3 atom stereocenters. The standard InChI is InChI=1S/C18H31N3O5.C5H12.C4H8N2O2S.C4H10.C3H8/c1-17(2,3)14(15(24)21-9-7-8-12(21)11-22)20-16(25)19-10-13(23)26-18(4,5)6;1-5(2,3)4;1-2(6-9)3(7)4(5)8;1-4(2)3;1-3-2/h11-12,14H,7-10H2,1-6H3,(H2,19,20,25);1-4H3;2,6,9H,1H3,(H2,5,8);4H,1-3H3;3H2,1-2H3/t12-,14?;;;;/m0..../s1. The molecule has 0 aromatic rings. The van der Waals surface area contributed by atoms with E-state index in [1.165, 1.54) is 18.2 Å². The molecule has 0 aliphatic carbocycles. The lowest BCUT2D eigenvalue weighted by atomic mass is 9.85. The monoisotopic (exact) mass is 691 g/mol. The summed E-state index contributed by atoms with van der Waals surface area (Å²) in [7, 11) is 0. The van der Waals surface area contributed by atoms with Gasteiger partial charge in [0.1, 0.15) is 24.5 Å². The van der Waals surface area contributed by atoms with Crippen LogP contribution in [0, 0.1) is 16.7 Å². The number of esters is 1. The number of nitrogens with two attached hydrogens (primary N) is 1. The summed E-state index contributed by atoms with van der Waals surface area (Å²) >= 11 is 3.57. The highest BCUT2D eigenvalue weighted by Crippen LogP contribution is 2.25. The Balaban J connectivity index is -0.000000357. The SMILES string of the molecule is CC(C)(C)C.CC(C)(C)OC(=O)CNC(=O)NC(C(=O)N1CCC[C@H]1C=O)C(C)(C)C.CC(C)C.CC(NS)C(=O)C(N)=O.CCC. The van der Waals surface area contributed by atoms with Crippen molar-refractivity contribution in [3.63, 3.8) is 0 Å². The Morgan fingerprint density at radius 1 is 0.936 bits per heavy atom. The molecule has 1 aliphatic heterocycles. The van der Waals surface area contributed by atoms with Crippen molar-refractivity contribution in [3.05, 3.63) is 0 Å². The summed E-state index contributed by atoms with van der Waals surface area (Å²) < 4.78 is 7.41. The van der Waals surface area contributed by atoms with Crippen LogP contribution in [0.25, 0.3) is 0 Å². The first-order valence-corrected chi connectivity index (χ1v) is 16.8. The molecular weight excluding hydrogens is 622 g/mol. The normalized spacial score (nSPS) is 15.3. The van der Waals surface area contributed by atoms with Gasteiger partial charge in [0.25, 0.3) is 5.91 Å². The molecule has 2 unspecified atom stereocenters. The first-order chi connectivity index (χ1) is 21.1. The fraction of sp³-hybridized carbons (Fsp3) is 0.824. The molecule has 0 spiro atoms. The fourth-order valence-electron chi connectivity index (χ4n) is 3.01. The molecule has 0 aromatic carbocycles. The van der Waals surface area contributed by atoms with Gasteiger partial charge in [-0.15, -0.1) is 0 Å². The van der Waals surface area contributed by atoms with Crippen molar-refractivity contribution in [3.8, 4) is 0 Å². The summed E-state index contributed by atoms with van der Waals surface area (Å²) in [5.41, 5.74) is 3.95. The van der Waals surface area contributed by atoms with E-state index in [-0.39, 0.29) is 12.5 Å². The quantitative estimate of drug-likeness (QED) is 0.0995. The maximum Gasteiger partial charge on any atom is 0.325 e. The number of carbonyl (C=O) groups is 6. The van der Waals surface area contributed by atoms with E-state index >= 15 is 0 Å². The number of aldehydes is 1. The molecule has 278 valence electrons. The molecule has 0 radical (unpaired) electrons. The molecule has 1 fully saturated rings. The smallest absolute Gasteiger partial charge is 0.325 e. The molecule has 1 rings (SSSR count). The second-order valence-corrected chi connectivity index (χ2v) is 15.9. The van der Waals surface area contributed by atoms with E-state index in [9.17, 15) is 28.8 Å². The third-order valence-corrected chi connectivity index (χ3v) is 5.16. The number of likely N-dealkylation sites (tertiary alicyclic amines) is 1. The van der Waals surface area contributed by atoms with Crippen LogP contribution < -0.4 is 21.1 Å². The molecule has 1 aliphatic rings. The van der Waals surface area contributed by atoms with E-state index in [1.807, 2.05) is 20.8 Å². The van der Waals surface area contributed by atoms with E-state index in [1.54, 1.807) is 20.8 Å². The van der Waals surface area contributed by atoms with E-state index in [2.05, 4.69) is 96.2 Å². The van der Waals surface area contributed by atoms with Crippen molar-refractivity contribution in [2.24, 2.45) is 22.5 Å². The van der Waals surface area contributed by atoms with Crippen LogP contribution in [-0.4, -0.2) is 77.6 Å². The van der Waals surface area contributed by atoms with Crippen LogP contribution in [0.3, 0.4) is 0 Å². The topological polar surface area (TPSA) is 177 Å². The Morgan fingerprint density at radius 2 is 1.36 bits per heavy atom. The summed E-state index contributed by atoms with van der Waals surface area (Å²) in [4.78, 5) is 70.0. The number of nitrogens with zero attached hydrogens (tertiary/aromatic N) is 1. The molecular formula is C34H69N5O7S. The van der Waals surface area contributed by atoms with E-state index in [0.717, 1.165) is 18.6 Å². The van der Waals surface area contributed by atoms with Gasteiger partial charge in [-0.3, -0.25) is 23.9 Å². The molecule has 1 heterocycles. The van der Waals surface area contributed by atoms with Crippen molar-refractivity contribution < 1.29 is 33.5 Å². The van der Waals surface area contributed by atoms with Crippen molar-refractivity contribution >= 4 is 48.7 Å². The highest BCUT2D eigenvalue weighted by Gasteiger charge is 2.39. The molecule has 12 nitrogen and oxygen atoms in total. The third-order valence-electron chi connectivity index (χ3n) is 4.77.